The average Bonchev–Trinajstić information content (AvgIpc) is 2.78. The minimum Gasteiger partial charge on any atom is -0.497 e. The van der Waals surface area contributed by atoms with Crippen molar-refractivity contribution in [3.63, 3.8) is 0 Å². The Kier molecular flexibility index (Phi) is 8.43. The highest BCUT2D eigenvalue weighted by molar-refractivity contribution is 7.89. The van der Waals surface area contributed by atoms with Gasteiger partial charge in [-0.3, -0.25) is 15.0 Å². The number of methoxy groups -OCH3 is 1. The molecule has 0 saturated carbocycles. The molecule has 0 bridgehead atoms. The van der Waals surface area contributed by atoms with E-state index in [1.165, 1.54) is 0 Å². The summed E-state index contributed by atoms with van der Waals surface area (Å²) in [5.74, 6) is 0.333. The van der Waals surface area contributed by atoms with Gasteiger partial charge >= 0.3 is 6.03 Å². The summed E-state index contributed by atoms with van der Waals surface area (Å²) in [5.41, 5.74) is 1.54. The highest BCUT2D eigenvalue weighted by Gasteiger charge is 2.24. The second kappa shape index (κ2) is 11.3. The number of sulfonamides is 1. The van der Waals surface area contributed by atoms with Gasteiger partial charge in [0.05, 0.1) is 18.6 Å². The Labute approximate surface area is 194 Å². The smallest absolute Gasteiger partial charge is 0.325 e. The van der Waals surface area contributed by atoms with Crippen molar-refractivity contribution >= 4 is 27.6 Å². The van der Waals surface area contributed by atoms with Crippen LogP contribution in [-0.2, 0) is 14.8 Å². The van der Waals surface area contributed by atoms with E-state index in [0.717, 1.165) is 18.4 Å². The standard InChI is InChI=1S/C23H30N4O5S/c1-17-5-11-21(12-6-17)33(30,31)24-14-18-4-3-13-27(15-18)16-22(28)26-23(29)25-19-7-9-20(32-2)10-8-19/h5-12,18,24H,3-4,13-16H2,1-2H3,(H2,25,26,28,29). The molecule has 10 heteroatoms. The fraction of sp³-hybridized carbons (Fsp3) is 0.391. The van der Waals surface area contributed by atoms with E-state index in [9.17, 15) is 18.0 Å². The van der Waals surface area contributed by atoms with Gasteiger partial charge in [0, 0.05) is 18.8 Å². The number of hydrogen-bond donors (Lipinski definition) is 3. The summed E-state index contributed by atoms with van der Waals surface area (Å²) < 4.78 is 32.8. The van der Waals surface area contributed by atoms with Crippen LogP contribution in [0.15, 0.2) is 53.4 Å². The van der Waals surface area contributed by atoms with Gasteiger partial charge < -0.3 is 10.1 Å². The van der Waals surface area contributed by atoms with Crippen LogP contribution in [0.3, 0.4) is 0 Å². The van der Waals surface area contributed by atoms with Gasteiger partial charge in [0.1, 0.15) is 5.75 Å². The van der Waals surface area contributed by atoms with Crippen molar-refractivity contribution in [2.24, 2.45) is 5.92 Å². The number of rotatable bonds is 8. The van der Waals surface area contributed by atoms with E-state index in [1.807, 2.05) is 11.8 Å². The fourth-order valence-corrected chi connectivity index (χ4v) is 4.81. The topological polar surface area (TPSA) is 117 Å². The van der Waals surface area contributed by atoms with Crippen LogP contribution in [0.1, 0.15) is 18.4 Å². The number of anilines is 1. The van der Waals surface area contributed by atoms with E-state index in [-0.39, 0.29) is 17.4 Å². The first kappa shape index (κ1) is 24.7. The molecule has 3 rings (SSSR count). The molecule has 178 valence electrons. The predicted octanol–water partition coefficient (Wildman–Crippen LogP) is 2.34. The van der Waals surface area contributed by atoms with Gasteiger partial charge in [-0.05, 0) is 68.6 Å². The summed E-state index contributed by atoms with van der Waals surface area (Å²) in [4.78, 5) is 26.6. The van der Waals surface area contributed by atoms with Gasteiger partial charge in [0.25, 0.3) is 0 Å². The molecule has 33 heavy (non-hydrogen) atoms. The maximum Gasteiger partial charge on any atom is 0.325 e. The Morgan fingerprint density at radius 1 is 1.09 bits per heavy atom. The Morgan fingerprint density at radius 3 is 2.45 bits per heavy atom. The molecule has 0 radical (unpaired) electrons. The summed E-state index contributed by atoms with van der Waals surface area (Å²) in [6, 6.07) is 12.9. The molecule has 1 unspecified atom stereocenters. The average molecular weight is 475 g/mol. The second-order valence-corrected chi connectivity index (χ2v) is 9.91. The van der Waals surface area contributed by atoms with Gasteiger partial charge in [0.2, 0.25) is 15.9 Å². The predicted molar refractivity (Wildman–Crippen MR) is 126 cm³/mol. The molecule has 1 saturated heterocycles. The number of nitrogens with zero attached hydrogens (tertiary/aromatic N) is 1. The Balaban J connectivity index is 1.44. The summed E-state index contributed by atoms with van der Waals surface area (Å²) in [5, 5.41) is 4.93. The van der Waals surface area contributed by atoms with Crippen LogP contribution in [0.5, 0.6) is 5.75 Å². The largest absolute Gasteiger partial charge is 0.497 e. The summed E-state index contributed by atoms with van der Waals surface area (Å²) >= 11 is 0. The van der Waals surface area contributed by atoms with Crippen molar-refractivity contribution in [2.45, 2.75) is 24.7 Å². The molecule has 1 aliphatic rings. The normalized spacial score (nSPS) is 16.7. The van der Waals surface area contributed by atoms with Gasteiger partial charge in [0.15, 0.2) is 0 Å². The molecule has 9 nitrogen and oxygen atoms in total. The lowest BCUT2D eigenvalue weighted by Gasteiger charge is -2.32. The number of benzene rings is 2. The maximum atomic E-state index is 12.5. The minimum absolute atomic E-state index is 0.0667. The number of likely N-dealkylation sites (tertiary alicyclic amines) is 1. The van der Waals surface area contributed by atoms with Crippen molar-refractivity contribution in [3.05, 3.63) is 54.1 Å². The quantitative estimate of drug-likeness (QED) is 0.541. The van der Waals surface area contributed by atoms with Gasteiger partial charge in [-0.2, -0.15) is 0 Å². The van der Waals surface area contributed by atoms with E-state index < -0.39 is 22.0 Å². The first-order valence-electron chi connectivity index (χ1n) is 10.8. The Hall–Kier alpha value is -2.95. The fourth-order valence-electron chi connectivity index (χ4n) is 3.70. The molecule has 1 atom stereocenters. The Morgan fingerprint density at radius 2 is 1.79 bits per heavy atom. The van der Waals surface area contributed by atoms with Crippen LogP contribution in [0, 0.1) is 12.8 Å². The van der Waals surface area contributed by atoms with Crippen molar-refractivity contribution in [1.29, 1.82) is 0 Å². The van der Waals surface area contributed by atoms with E-state index >= 15 is 0 Å². The number of ether oxygens (including phenoxy) is 1. The van der Waals surface area contributed by atoms with Gasteiger partial charge in [-0.25, -0.2) is 17.9 Å². The molecular formula is C23H30N4O5S. The summed E-state index contributed by atoms with van der Waals surface area (Å²) in [6.45, 7) is 3.56. The number of imide groups is 1. The third-order valence-electron chi connectivity index (χ3n) is 5.46. The molecular weight excluding hydrogens is 444 g/mol. The van der Waals surface area contributed by atoms with E-state index in [0.29, 0.717) is 31.1 Å². The SMILES string of the molecule is COc1ccc(NC(=O)NC(=O)CN2CCCC(CNS(=O)(=O)c3ccc(C)cc3)C2)cc1. The molecule has 0 aliphatic carbocycles. The van der Waals surface area contributed by atoms with E-state index in [2.05, 4.69) is 15.4 Å². The van der Waals surface area contributed by atoms with Crippen LogP contribution in [0.2, 0.25) is 0 Å². The lowest BCUT2D eigenvalue weighted by atomic mass is 9.98. The summed E-state index contributed by atoms with van der Waals surface area (Å²) in [6.07, 6.45) is 1.72. The van der Waals surface area contributed by atoms with Crippen LogP contribution in [-0.4, -0.2) is 58.5 Å². The van der Waals surface area contributed by atoms with E-state index in [1.54, 1.807) is 55.6 Å². The number of nitrogens with one attached hydrogen (secondary N) is 3. The molecule has 3 amide bonds. The summed E-state index contributed by atoms with van der Waals surface area (Å²) in [7, 11) is -2.02. The van der Waals surface area contributed by atoms with Crippen LogP contribution in [0.4, 0.5) is 10.5 Å². The number of hydrogen-bond acceptors (Lipinski definition) is 6. The third kappa shape index (κ3) is 7.55. The zero-order valence-electron chi connectivity index (χ0n) is 18.8. The van der Waals surface area contributed by atoms with Crippen molar-refractivity contribution in [1.82, 2.24) is 14.9 Å². The number of aryl methyl sites for hydroxylation is 1. The second-order valence-electron chi connectivity index (χ2n) is 8.14. The van der Waals surface area contributed by atoms with Crippen molar-refractivity contribution in [3.8, 4) is 5.75 Å². The van der Waals surface area contributed by atoms with Crippen LogP contribution < -0.4 is 20.1 Å². The Bertz CT molecular complexity index is 1060. The lowest BCUT2D eigenvalue weighted by molar-refractivity contribution is -0.121. The van der Waals surface area contributed by atoms with Crippen LogP contribution >= 0.6 is 0 Å². The zero-order valence-corrected chi connectivity index (χ0v) is 19.7. The molecule has 3 N–H and O–H groups in total. The molecule has 1 fully saturated rings. The molecule has 1 heterocycles. The van der Waals surface area contributed by atoms with Crippen molar-refractivity contribution in [2.75, 3.05) is 38.6 Å². The molecule has 2 aromatic carbocycles. The monoisotopic (exact) mass is 474 g/mol. The molecule has 0 aromatic heterocycles. The van der Waals surface area contributed by atoms with Crippen molar-refractivity contribution < 1.29 is 22.7 Å². The van der Waals surface area contributed by atoms with Gasteiger partial charge in [-0.1, -0.05) is 17.7 Å². The zero-order chi connectivity index (χ0) is 23.8. The highest BCUT2D eigenvalue weighted by atomic mass is 32.2. The highest BCUT2D eigenvalue weighted by Crippen LogP contribution is 2.17. The minimum atomic E-state index is -3.58. The first-order chi connectivity index (χ1) is 15.7. The number of amides is 3. The molecule has 1 aliphatic heterocycles. The number of carbonyl (C=O) groups excluding carboxylic acids is 2. The number of urea groups is 1. The van der Waals surface area contributed by atoms with Gasteiger partial charge in [-0.15, -0.1) is 0 Å². The molecule has 0 spiro atoms. The molecule has 2 aromatic rings. The number of carbonyl (C=O) groups is 2. The maximum absolute atomic E-state index is 12.5. The first-order valence-corrected chi connectivity index (χ1v) is 12.3. The van der Waals surface area contributed by atoms with E-state index in [4.69, 9.17) is 4.74 Å². The number of piperidine rings is 1. The lowest BCUT2D eigenvalue weighted by Crippen LogP contribution is -2.46. The van der Waals surface area contributed by atoms with Crippen LogP contribution in [0.25, 0.3) is 0 Å². The third-order valence-corrected chi connectivity index (χ3v) is 6.90.